The van der Waals surface area contributed by atoms with Crippen molar-refractivity contribution in [3.05, 3.63) is 93.6 Å². The van der Waals surface area contributed by atoms with Gasteiger partial charge in [-0.1, -0.05) is 48.5 Å². The molecule has 2 aliphatic rings. The van der Waals surface area contributed by atoms with Crippen LogP contribution in [0, 0.1) is 18.8 Å². The second kappa shape index (κ2) is 13.6. The lowest BCUT2D eigenvalue weighted by Gasteiger charge is -2.34. The van der Waals surface area contributed by atoms with Gasteiger partial charge >= 0.3 is 0 Å². The third-order valence-electron chi connectivity index (χ3n) is 8.97. The van der Waals surface area contributed by atoms with Crippen LogP contribution in [-0.2, 0) is 12.8 Å². The standard InChI is InChI=1S/C35H44N4OS2/c1-25-9-7-8-12-29(25)36-33(28-15-13-27(14-16-28)24-32-31(38(2)3)17-20-42-32)34-37-30(23-26-10-5-4-6-11-26)35(40-34)39-18-21-41-22-19-39/h4-12,17,20,27-28,33,36H,13-16,18-19,21-24H2,1-3H3. The molecule has 42 heavy (non-hydrogen) atoms. The third-order valence-corrected chi connectivity index (χ3v) is 10.8. The molecule has 1 aliphatic heterocycles. The Bertz CT molecular complexity index is 1420. The van der Waals surface area contributed by atoms with Gasteiger partial charge in [0.1, 0.15) is 11.7 Å². The van der Waals surface area contributed by atoms with Gasteiger partial charge in [-0.15, -0.1) is 11.3 Å². The van der Waals surface area contributed by atoms with E-state index < -0.39 is 0 Å². The third kappa shape index (κ3) is 6.84. The molecule has 1 saturated heterocycles. The summed E-state index contributed by atoms with van der Waals surface area (Å²) in [6.07, 6.45) is 6.84. The average Bonchev–Trinajstić information content (AvgIpc) is 3.66. The van der Waals surface area contributed by atoms with Crippen LogP contribution in [0.5, 0.6) is 0 Å². The Labute approximate surface area is 259 Å². The van der Waals surface area contributed by atoms with Crippen molar-refractivity contribution in [2.45, 2.75) is 51.5 Å². The molecule has 1 N–H and O–H groups in total. The van der Waals surface area contributed by atoms with Crippen molar-refractivity contribution in [3.8, 4) is 0 Å². The summed E-state index contributed by atoms with van der Waals surface area (Å²) in [5.74, 6) is 5.32. The molecule has 3 heterocycles. The number of aromatic nitrogens is 1. The minimum Gasteiger partial charge on any atom is -0.423 e. The van der Waals surface area contributed by atoms with E-state index in [-0.39, 0.29) is 6.04 Å². The van der Waals surface area contributed by atoms with Crippen molar-refractivity contribution >= 4 is 40.4 Å². The number of oxazole rings is 1. The first kappa shape index (κ1) is 29.2. The van der Waals surface area contributed by atoms with Gasteiger partial charge in [-0.05, 0) is 79.5 Å². The molecule has 2 fully saturated rings. The molecule has 1 unspecified atom stereocenters. The summed E-state index contributed by atoms with van der Waals surface area (Å²) in [6.45, 7) is 4.21. The number of aryl methyl sites for hydroxylation is 1. The van der Waals surface area contributed by atoms with Crippen LogP contribution in [0.3, 0.4) is 0 Å². The number of para-hydroxylation sites is 1. The Balaban J connectivity index is 1.27. The van der Waals surface area contributed by atoms with Crippen LogP contribution in [-0.4, -0.2) is 43.7 Å². The highest BCUT2D eigenvalue weighted by atomic mass is 32.2. The zero-order chi connectivity index (χ0) is 28.9. The quantitative estimate of drug-likeness (QED) is 0.197. The van der Waals surface area contributed by atoms with Gasteiger partial charge < -0.3 is 19.5 Å². The molecule has 4 aromatic rings. The maximum absolute atomic E-state index is 6.85. The molecule has 2 aromatic carbocycles. The van der Waals surface area contributed by atoms with Crippen molar-refractivity contribution in [1.82, 2.24) is 4.98 Å². The van der Waals surface area contributed by atoms with E-state index >= 15 is 0 Å². The minimum atomic E-state index is 0.0496. The van der Waals surface area contributed by atoms with Gasteiger partial charge in [0, 0.05) is 55.7 Å². The van der Waals surface area contributed by atoms with E-state index in [0.29, 0.717) is 5.92 Å². The number of hydrogen-bond donors (Lipinski definition) is 1. The van der Waals surface area contributed by atoms with Gasteiger partial charge in [-0.25, -0.2) is 4.98 Å². The van der Waals surface area contributed by atoms with Crippen LogP contribution in [0.2, 0.25) is 0 Å². The lowest BCUT2D eigenvalue weighted by Crippen LogP contribution is -2.32. The van der Waals surface area contributed by atoms with E-state index in [0.717, 1.165) is 54.4 Å². The predicted octanol–water partition coefficient (Wildman–Crippen LogP) is 8.46. The van der Waals surface area contributed by atoms with Crippen LogP contribution >= 0.6 is 23.1 Å². The SMILES string of the molecule is Cc1ccccc1NC(c1nc(Cc2ccccc2)c(N2CCSCC2)o1)C1CCC(Cc2sccc2N(C)C)CC1. The first-order valence-corrected chi connectivity index (χ1v) is 17.5. The van der Waals surface area contributed by atoms with E-state index in [1.54, 1.807) is 0 Å². The molecule has 0 amide bonds. The van der Waals surface area contributed by atoms with Gasteiger partial charge in [0.15, 0.2) is 0 Å². The molecule has 0 spiro atoms. The van der Waals surface area contributed by atoms with Crippen LogP contribution in [0.1, 0.15) is 59.3 Å². The number of benzene rings is 2. The minimum absolute atomic E-state index is 0.0496. The van der Waals surface area contributed by atoms with Gasteiger partial charge in [0.05, 0.1) is 5.69 Å². The van der Waals surface area contributed by atoms with Gasteiger partial charge in [0.25, 0.3) is 0 Å². The fourth-order valence-corrected chi connectivity index (χ4v) is 8.54. The van der Waals surface area contributed by atoms with Crippen LogP contribution in [0.25, 0.3) is 0 Å². The highest BCUT2D eigenvalue weighted by Gasteiger charge is 2.34. The van der Waals surface area contributed by atoms with Crippen molar-refractivity contribution in [3.63, 3.8) is 0 Å². The molecule has 1 atom stereocenters. The number of nitrogens with one attached hydrogen (secondary N) is 1. The number of rotatable bonds is 10. The number of thiophene rings is 1. The molecule has 2 aromatic heterocycles. The highest BCUT2D eigenvalue weighted by molar-refractivity contribution is 7.99. The van der Waals surface area contributed by atoms with Gasteiger partial charge in [0.2, 0.25) is 11.8 Å². The Hall–Kier alpha value is -2.90. The summed E-state index contributed by atoms with van der Waals surface area (Å²) in [7, 11) is 4.31. The molecule has 222 valence electrons. The van der Waals surface area contributed by atoms with Crippen LogP contribution in [0.4, 0.5) is 17.3 Å². The summed E-state index contributed by atoms with van der Waals surface area (Å²) in [5.41, 5.74) is 6.17. The van der Waals surface area contributed by atoms with E-state index in [2.05, 4.69) is 102 Å². The van der Waals surface area contributed by atoms with Gasteiger partial charge in [-0.3, -0.25) is 0 Å². The monoisotopic (exact) mass is 600 g/mol. The Morgan fingerprint density at radius 1 is 0.976 bits per heavy atom. The maximum atomic E-state index is 6.85. The summed E-state index contributed by atoms with van der Waals surface area (Å²) < 4.78 is 6.85. The molecule has 1 saturated carbocycles. The summed E-state index contributed by atoms with van der Waals surface area (Å²) >= 11 is 3.94. The number of nitrogens with zero attached hydrogens (tertiary/aromatic N) is 3. The summed E-state index contributed by atoms with van der Waals surface area (Å²) in [5, 5.41) is 6.18. The van der Waals surface area contributed by atoms with Crippen molar-refractivity contribution < 1.29 is 4.42 Å². The first-order chi connectivity index (χ1) is 20.5. The largest absolute Gasteiger partial charge is 0.423 e. The van der Waals surface area contributed by atoms with Crippen molar-refractivity contribution in [2.24, 2.45) is 11.8 Å². The van der Waals surface area contributed by atoms with E-state index in [9.17, 15) is 0 Å². The normalized spacial score (nSPS) is 19.9. The van der Waals surface area contributed by atoms with Gasteiger partial charge in [-0.2, -0.15) is 11.8 Å². The molecule has 5 nitrogen and oxygen atoms in total. The summed E-state index contributed by atoms with van der Waals surface area (Å²) in [4.78, 5) is 11.5. The zero-order valence-electron chi connectivity index (χ0n) is 25.2. The van der Waals surface area contributed by atoms with Crippen LogP contribution < -0.4 is 15.1 Å². The molecule has 6 rings (SSSR count). The van der Waals surface area contributed by atoms with E-state index in [4.69, 9.17) is 9.40 Å². The Kier molecular flexibility index (Phi) is 9.45. The lowest BCUT2D eigenvalue weighted by molar-refractivity contribution is 0.235. The topological polar surface area (TPSA) is 44.5 Å². The molecule has 0 bridgehead atoms. The fraction of sp³-hybridized carbons (Fsp3) is 0.457. The molecule has 1 aliphatic carbocycles. The average molecular weight is 601 g/mol. The predicted molar refractivity (Wildman–Crippen MR) is 181 cm³/mol. The van der Waals surface area contributed by atoms with Crippen LogP contribution in [0.15, 0.2) is 70.5 Å². The van der Waals surface area contributed by atoms with E-state index in [1.165, 1.54) is 59.5 Å². The number of thioether (sulfide) groups is 1. The number of anilines is 3. The molecule has 0 radical (unpaired) electrons. The Morgan fingerprint density at radius 2 is 1.71 bits per heavy atom. The molecular weight excluding hydrogens is 557 g/mol. The summed E-state index contributed by atoms with van der Waals surface area (Å²) in [6, 6.07) is 21.7. The fourth-order valence-electron chi connectivity index (χ4n) is 6.57. The highest BCUT2D eigenvalue weighted by Crippen LogP contribution is 2.42. The molecule has 7 heteroatoms. The van der Waals surface area contributed by atoms with E-state index in [1.807, 2.05) is 23.1 Å². The number of hydrogen-bond acceptors (Lipinski definition) is 7. The van der Waals surface area contributed by atoms with Crippen molar-refractivity contribution in [2.75, 3.05) is 53.8 Å². The first-order valence-electron chi connectivity index (χ1n) is 15.5. The molecular formula is C35H44N4OS2. The maximum Gasteiger partial charge on any atom is 0.220 e. The Morgan fingerprint density at radius 3 is 2.45 bits per heavy atom. The lowest BCUT2D eigenvalue weighted by atomic mass is 9.77. The second-order valence-electron chi connectivity index (χ2n) is 12.1. The second-order valence-corrected chi connectivity index (χ2v) is 14.3. The smallest absolute Gasteiger partial charge is 0.220 e. The zero-order valence-corrected chi connectivity index (χ0v) is 26.9. The van der Waals surface area contributed by atoms with Crippen molar-refractivity contribution in [1.29, 1.82) is 0 Å².